The smallest absolute Gasteiger partial charge is 0.238 e. The molecule has 1 aromatic heterocycles. The molecule has 3 rings (SSSR count). The number of likely N-dealkylation sites (tertiary alicyclic amines) is 1. The number of hydrogen-bond acceptors (Lipinski definition) is 4. The third-order valence-corrected chi connectivity index (χ3v) is 4.31. The molecule has 2 N–H and O–H groups in total. The minimum absolute atomic E-state index is 0.0253. The standard InChI is InChI=1S/C19H22N4O2/c1-14(24)21-17-2-4-18(5-3-17)22-19(25)13-23-11-8-16(12-23)15-6-9-20-10-7-15/h2-7,9-10,16H,8,11-13H2,1H3,(H,21,24)(H,22,25)/t16-/m1/s1. The maximum atomic E-state index is 12.2. The van der Waals surface area contributed by atoms with Gasteiger partial charge in [-0.25, -0.2) is 0 Å². The summed E-state index contributed by atoms with van der Waals surface area (Å²) in [6.45, 7) is 3.65. The Morgan fingerprint density at radius 1 is 1.08 bits per heavy atom. The summed E-state index contributed by atoms with van der Waals surface area (Å²) in [5.41, 5.74) is 2.72. The van der Waals surface area contributed by atoms with Gasteiger partial charge in [-0.1, -0.05) is 0 Å². The Labute approximate surface area is 147 Å². The highest BCUT2D eigenvalue weighted by Crippen LogP contribution is 2.26. The van der Waals surface area contributed by atoms with Gasteiger partial charge in [0.15, 0.2) is 0 Å². The van der Waals surface area contributed by atoms with Crippen LogP contribution in [0.1, 0.15) is 24.8 Å². The van der Waals surface area contributed by atoms with Crippen LogP contribution in [0, 0.1) is 0 Å². The molecule has 1 saturated heterocycles. The topological polar surface area (TPSA) is 74.3 Å². The zero-order valence-electron chi connectivity index (χ0n) is 14.2. The van der Waals surface area contributed by atoms with Gasteiger partial charge in [-0.2, -0.15) is 0 Å². The van der Waals surface area contributed by atoms with Gasteiger partial charge in [0.2, 0.25) is 11.8 Å². The van der Waals surface area contributed by atoms with Crippen molar-refractivity contribution in [1.29, 1.82) is 0 Å². The van der Waals surface area contributed by atoms with E-state index in [1.807, 2.05) is 24.5 Å². The molecule has 1 atom stereocenters. The zero-order chi connectivity index (χ0) is 17.6. The van der Waals surface area contributed by atoms with E-state index in [-0.39, 0.29) is 11.8 Å². The number of aromatic nitrogens is 1. The third kappa shape index (κ3) is 4.87. The molecule has 1 aromatic carbocycles. The third-order valence-electron chi connectivity index (χ3n) is 4.31. The minimum Gasteiger partial charge on any atom is -0.326 e. The Morgan fingerprint density at radius 2 is 1.72 bits per heavy atom. The molecular weight excluding hydrogens is 316 g/mol. The molecule has 2 aromatic rings. The molecule has 25 heavy (non-hydrogen) atoms. The molecule has 0 saturated carbocycles. The number of carbonyl (C=O) groups excluding carboxylic acids is 2. The Kier molecular flexibility index (Phi) is 5.40. The molecular formula is C19H22N4O2. The molecule has 0 bridgehead atoms. The van der Waals surface area contributed by atoms with Crippen LogP contribution in [-0.2, 0) is 9.59 Å². The van der Waals surface area contributed by atoms with Gasteiger partial charge in [0.05, 0.1) is 6.54 Å². The van der Waals surface area contributed by atoms with Crippen molar-refractivity contribution in [2.75, 3.05) is 30.3 Å². The van der Waals surface area contributed by atoms with Crippen molar-refractivity contribution in [2.24, 2.45) is 0 Å². The summed E-state index contributed by atoms with van der Waals surface area (Å²) in [5, 5.41) is 5.60. The van der Waals surface area contributed by atoms with Gasteiger partial charge in [-0.3, -0.25) is 19.5 Å². The number of nitrogens with one attached hydrogen (secondary N) is 2. The number of anilines is 2. The molecule has 0 aliphatic carbocycles. The number of rotatable bonds is 5. The number of hydrogen-bond donors (Lipinski definition) is 2. The lowest BCUT2D eigenvalue weighted by molar-refractivity contribution is -0.117. The fourth-order valence-corrected chi connectivity index (χ4v) is 3.13. The van der Waals surface area contributed by atoms with E-state index in [0.717, 1.165) is 25.2 Å². The normalized spacial score (nSPS) is 17.2. The highest BCUT2D eigenvalue weighted by atomic mass is 16.2. The van der Waals surface area contributed by atoms with E-state index < -0.39 is 0 Å². The van der Waals surface area contributed by atoms with E-state index in [4.69, 9.17) is 0 Å². The Bertz CT molecular complexity index is 731. The van der Waals surface area contributed by atoms with E-state index in [9.17, 15) is 9.59 Å². The number of carbonyl (C=O) groups is 2. The second kappa shape index (κ2) is 7.90. The largest absolute Gasteiger partial charge is 0.326 e. The molecule has 1 fully saturated rings. The Hall–Kier alpha value is -2.73. The van der Waals surface area contributed by atoms with Crippen LogP contribution in [0.15, 0.2) is 48.8 Å². The summed E-state index contributed by atoms with van der Waals surface area (Å²) < 4.78 is 0. The average Bonchev–Trinajstić information content (AvgIpc) is 3.05. The lowest BCUT2D eigenvalue weighted by atomic mass is 10.00. The summed E-state index contributed by atoms with van der Waals surface area (Å²) in [4.78, 5) is 29.5. The van der Waals surface area contributed by atoms with Gasteiger partial charge in [-0.05, 0) is 60.8 Å². The SMILES string of the molecule is CC(=O)Nc1ccc(NC(=O)CN2CC[C@@H](c3ccncc3)C2)cc1. The first-order valence-electron chi connectivity index (χ1n) is 8.40. The number of pyridine rings is 1. The first kappa shape index (κ1) is 17.1. The molecule has 1 aliphatic rings. The van der Waals surface area contributed by atoms with Crippen LogP contribution < -0.4 is 10.6 Å². The van der Waals surface area contributed by atoms with E-state index in [2.05, 4.69) is 20.5 Å². The van der Waals surface area contributed by atoms with Gasteiger partial charge >= 0.3 is 0 Å². The van der Waals surface area contributed by atoms with E-state index >= 15 is 0 Å². The lowest BCUT2D eigenvalue weighted by Gasteiger charge is -2.16. The highest BCUT2D eigenvalue weighted by Gasteiger charge is 2.25. The Balaban J connectivity index is 1.49. The average molecular weight is 338 g/mol. The fourth-order valence-electron chi connectivity index (χ4n) is 3.13. The van der Waals surface area contributed by atoms with E-state index in [1.54, 1.807) is 24.3 Å². The van der Waals surface area contributed by atoms with Gasteiger partial charge in [0, 0.05) is 37.2 Å². The van der Waals surface area contributed by atoms with Gasteiger partial charge in [0.25, 0.3) is 0 Å². The van der Waals surface area contributed by atoms with E-state index in [0.29, 0.717) is 18.2 Å². The van der Waals surface area contributed by atoms with Crippen LogP contribution in [0.3, 0.4) is 0 Å². The second-order valence-corrected chi connectivity index (χ2v) is 6.31. The first-order chi connectivity index (χ1) is 12.1. The summed E-state index contributed by atoms with van der Waals surface area (Å²) in [7, 11) is 0. The van der Waals surface area contributed by atoms with Crippen LogP contribution >= 0.6 is 0 Å². The van der Waals surface area contributed by atoms with Crippen molar-refractivity contribution < 1.29 is 9.59 Å². The maximum absolute atomic E-state index is 12.2. The van der Waals surface area contributed by atoms with Crippen LogP contribution in [0.4, 0.5) is 11.4 Å². The molecule has 1 aliphatic heterocycles. The summed E-state index contributed by atoms with van der Waals surface area (Å²) in [5.74, 6) is 0.324. The molecule has 6 heteroatoms. The van der Waals surface area contributed by atoms with Crippen molar-refractivity contribution in [3.63, 3.8) is 0 Å². The van der Waals surface area contributed by atoms with Gasteiger partial charge in [0.1, 0.15) is 0 Å². The van der Waals surface area contributed by atoms with Crippen molar-refractivity contribution in [3.05, 3.63) is 54.4 Å². The molecule has 6 nitrogen and oxygen atoms in total. The lowest BCUT2D eigenvalue weighted by Crippen LogP contribution is -2.31. The maximum Gasteiger partial charge on any atom is 0.238 e. The van der Waals surface area contributed by atoms with Crippen molar-refractivity contribution in [1.82, 2.24) is 9.88 Å². The monoisotopic (exact) mass is 338 g/mol. The molecule has 0 spiro atoms. The number of nitrogens with zero attached hydrogens (tertiary/aromatic N) is 2. The quantitative estimate of drug-likeness (QED) is 0.878. The van der Waals surface area contributed by atoms with Crippen LogP contribution in [0.25, 0.3) is 0 Å². The van der Waals surface area contributed by atoms with Crippen LogP contribution in [0.5, 0.6) is 0 Å². The molecule has 0 unspecified atom stereocenters. The summed E-state index contributed by atoms with van der Waals surface area (Å²) in [6.07, 6.45) is 4.69. The first-order valence-corrected chi connectivity index (χ1v) is 8.40. The molecule has 130 valence electrons. The van der Waals surface area contributed by atoms with Gasteiger partial charge < -0.3 is 10.6 Å². The van der Waals surface area contributed by atoms with Gasteiger partial charge in [-0.15, -0.1) is 0 Å². The van der Waals surface area contributed by atoms with Crippen LogP contribution in [-0.4, -0.2) is 41.3 Å². The second-order valence-electron chi connectivity index (χ2n) is 6.31. The van der Waals surface area contributed by atoms with Crippen molar-refractivity contribution in [2.45, 2.75) is 19.3 Å². The predicted molar refractivity (Wildman–Crippen MR) is 97.4 cm³/mol. The Morgan fingerprint density at radius 3 is 2.36 bits per heavy atom. The zero-order valence-corrected chi connectivity index (χ0v) is 14.2. The summed E-state index contributed by atoms with van der Waals surface area (Å²) in [6, 6.07) is 11.2. The van der Waals surface area contributed by atoms with Crippen LogP contribution in [0.2, 0.25) is 0 Å². The highest BCUT2D eigenvalue weighted by molar-refractivity contribution is 5.93. The molecule has 0 radical (unpaired) electrons. The minimum atomic E-state index is -0.116. The number of amides is 2. The summed E-state index contributed by atoms with van der Waals surface area (Å²) >= 11 is 0. The van der Waals surface area contributed by atoms with Crippen molar-refractivity contribution >= 4 is 23.2 Å². The predicted octanol–water partition coefficient (Wildman–Crippen LogP) is 2.47. The number of benzene rings is 1. The fraction of sp³-hybridized carbons (Fsp3) is 0.316. The molecule has 2 heterocycles. The van der Waals surface area contributed by atoms with Crippen molar-refractivity contribution in [3.8, 4) is 0 Å². The van der Waals surface area contributed by atoms with E-state index in [1.165, 1.54) is 12.5 Å². The molecule has 2 amide bonds.